The van der Waals surface area contributed by atoms with Crippen molar-refractivity contribution in [3.63, 3.8) is 0 Å². The van der Waals surface area contributed by atoms with Crippen molar-refractivity contribution in [3.8, 4) is 0 Å². The molecular formula is C15H21FN2O3. The fraction of sp³-hybridized carbons (Fsp3) is 0.533. The van der Waals surface area contributed by atoms with Gasteiger partial charge in [0, 0.05) is 18.3 Å². The van der Waals surface area contributed by atoms with Crippen molar-refractivity contribution in [2.75, 3.05) is 6.67 Å². The number of pyridine rings is 1. The maximum absolute atomic E-state index is 12.1. The number of aliphatic carboxylic acids is 1. The van der Waals surface area contributed by atoms with Gasteiger partial charge in [-0.05, 0) is 37.8 Å². The van der Waals surface area contributed by atoms with Crippen LogP contribution in [-0.2, 0) is 22.4 Å². The number of nitrogens with zero attached hydrogens (tertiary/aromatic N) is 1. The van der Waals surface area contributed by atoms with E-state index in [1.54, 1.807) is 12.3 Å². The second kappa shape index (κ2) is 8.46. The molecule has 0 aliphatic carbocycles. The molecule has 0 aliphatic heterocycles. The van der Waals surface area contributed by atoms with E-state index in [0.29, 0.717) is 18.5 Å². The summed E-state index contributed by atoms with van der Waals surface area (Å²) >= 11 is 0. The Morgan fingerprint density at radius 3 is 2.62 bits per heavy atom. The Balaban J connectivity index is 2.66. The van der Waals surface area contributed by atoms with Gasteiger partial charge >= 0.3 is 5.97 Å². The zero-order valence-electron chi connectivity index (χ0n) is 12.1. The van der Waals surface area contributed by atoms with E-state index >= 15 is 0 Å². The first-order valence-electron chi connectivity index (χ1n) is 6.92. The number of nitrogens with two attached hydrogens (primary N) is 1. The van der Waals surface area contributed by atoms with E-state index in [0.717, 1.165) is 5.56 Å². The Kier molecular flexibility index (Phi) is 6.94. The van der Waals surface area contributed by atoms with E-state index in [1.807, 2.05) is 6.07 Å². The van der Waals surface area contributed by atoms with E-state index in [1.165, 1.54) is 6.92 Å². The highest BCUT2D eigenvalue weighted by Crippen LogP contribution is 2.14. The molecule has 21 heavy (non-hydrogen) atoms. The van der Waals surface area contributed by atoms with Crippen molar-refractivity contribution in [2.24, 2.45) is 11.7 Å². The number of carbonyl (C=O) groups is 2. The zero-order chi connectivity index (χ0) is 15.8. The van der Waals surface area contributed by atoms with Crippen LogP contribution < -0.4 is 5.73 Å². The van der Waals surface area contributed by atoms with Gasteiger partial charge in [0.1, 0.15) is 5.78 Å². The van der Waals surface area contributed by atoms with Crippen molar-refractivity contribution >= 4 is 11.8 Å². The number of halogens is 1. The maximum atomic E-state index is 12.1. The molecule has 1 rings (SSSR count). The van der Waals surface area contributed by atoms with Crippen molar-refractivity contribution in [1.82, 2.24) is 4.98 Å². The Labute approximate surface area is 123 Å². The summed E-state index contributed by atoms with van der Waals surface area (Å²) in [6.45, 7) is 0.979. The normalized spacial score (nSPS) is 13.7. The molecule has 0 unspecified atom stereocenters. The minimum atomic E-state index is -0.991. The highest BCUT2D eigenvalue weighted by Gasteiger charge is 2.23. The topological polar surface area (TPSA) is 93.3 Å². The third-order valence-electron chi connectivity index (χ3n) is 3.35. The van der Waals surface area contributed by atoms with Crippen LogP contribution in [0.2, 0.25) is 0 Å². The number of ketones is 1. The molecule has 1 aromatic rings. The highest BCUT2D eigenvalue weighted by atomic mass is 19.1. The average Bonchev–Trinajstić information content (AvgIpc) is 2.45. The Morgan fingerprint density at radius 2 is 2.14 bits per heavy atom. The summed E-state index contributed by atoms with van der Waals surface area (Å²) in [6.07, 6.45) is 3.01. The van der Waals surface area contributed by atoms with Gasteiger partial charge in [0.15, 0.2) is 0 Å². The number of aryl methyl sites for hydroxylation is 1. The van der Waals surface area contributed by atoms with Gasteiger partial charge in [0.25, 0.3) is 0 Å². The summed E-state index contributed by atoms with van der Waals surface area (Å²) in [6, 6.07) is 2.79. The van der Waals surface area contributed by atoms with Crippen LogP contribution in [0.3, 0.4) is 0 Å². The maximum Gasteiger partial charge on any atom is 0.306 e. The van der Waals surface area contributed by atoms with Crippen LogP contribution in [0.4, 0.5) is 4.39 Å². The van der Waals surface area contributed by atoms with Gasteiger partial charge < -0.3 is 10.8 Å². The number of hydrogen-bond donors (Lipinski definition) is 2. The third kappa shape index (κ3) is 5.99. The zero-order valence-corrected chi connectivity index (χ0v) is 12.1. The molecule has 0 spiro atoms. The summed E-state index contributed by atoms with van der Waals surface area (Å²) in [5.41, 5.74) is 7.17. The quantitative estimate of drug-likeness (QED) is 0.721. The first-order chi connectivity index (χ1) is 9.93. The summed E-state index contributed by atoms with van der Waals surface area (Å²) in [5, 5.41) is 9.20. The standard InChI is InChI=1S/C15H21FN2O3/c1-10(19)14(17)8-12(15(20)21)7-13-5-4-11(9-18-13)3-2-6-16/h4-5,9,12,14H,2-3,6-8,17H2,1H3,(H,20,21)/t12-,14-/m0/s1. The van der Waals surface area contributed by atoms with Crippen molar-refractivity contribution in [1.29, 1.82) is 0 Å². The molecule has 0 fully saturated rings. The Bertz CT molecular complexity index is 476. The summed E-state index contributed by atoms with van der Waals surface area (Å²) in [5.74, 6) is -1.96. The first kappa shape index (κ1) is 17.2. The van der Waals surface area contributed by atoms with Crippen molar-refractivity contribution in [2.45, 2.75) is 38.6 Å². The Morgan fingerprint density at radius 1 is 1.43 bits per heavy atom. The van der Waals surface area contributed by atoms with Crippen LogP contribution in [0.15, 0.2) is 18.3 Å². The molecule has 3 N–H and O–H groups in total. The van der Waals surface area contributed by atoms with Crippen LogP contribution in [0, 0.1) is 5.92 Å². The fourth-order valence-electron chi connectivity index (χ4n) is 1.99. The van der Waals surface area contributed by atoms with Crippen LogP contribution in [0.1, 0.15) is 31.0 Å². The van der Waals surface area contributed by atoms with Gasteiger partial charge in [-0.1, -0.05) is 6.07 Å². The van der Waals surface area contributed by atoms with Crippen LogP contribution in [0.25, 0.3) is 0 Å². The number of carboxylic acid groups (broad SMARTS) is 1. The second-order valence-corrected chi connectivity index (χ2v) is 5.14. The summed E-state index contributed by atoms with van der Waals surface area (Å²) < 4.78 is 12.1. The largest absolute Gasteiger partial charge is 0.481 e. The Hall–Kier alpha value is -1.82. The predicted octanol–water partition coefficient (Wildman–Crippen LogP) is 1.53. The summed E-state index contributed by atoms with van der Waals surface area (Å²) in [7, 11) is 0. The minimum Gasteiger partial charge on any atom is -0.481 e. The first-order valence-corrected chi connectivity index (χ1v) is 6.92. The van der Waals surface area contributed by atoms with Gasteiger partial charge in [-0.15, -0.1) is 0 Å². The van der Waals surface area contributed by atoms with Crippen LogP contribution >= 0.6 is 0 Å². The molecule has 1 aromatic heterocycles. The fourth-order valence-corrected chi connectivity index (χ4v) is 1.99. The summed E-state index contributed by atoms with van der Waals surface area (Å²) in [4.78, 5) is 26.6. The molecule has 0 aliphatic rings. The van der Waals surface area contributed by atoms with Crippen LogP contribution in [0.5, 0.6) is 0 Å². The number of aromatic nitrogens is 1. The molecule has 0 saturated carbocycles. The minimum absolute atomic E-state index is 0.0932. The smallest absolute Gasteiger partial charge is 0.306 e. The lowest BCUT2D eigenvalue weighted by atomic mass is 9.93. The highest BCUT2D eigenvalue weighted by molar-refractivity contribution is 5.82. The number of rotatable bonds is 9. The number of hydrogen-bond acceptors (Lipinski definition) is 4. The number of carbonyl (C=O) groups excluding carboxylic acids is 1. The number of carboxylic acids is 1. The molecule has 116 valence electrons. The van der Waals surface area contributed by atoms with E-state index in [2.05, 4.69) is 4.98 Å². The van der Waals surface area contributed by atoms with Gasteiger partial charge in [-0.25, -0.2) is 0 Å². The van der Waals surface area contributed by atoms with Crippen molar-refractivity contribution in [3.05, 3.63) is 29.6 Å². The molecule has 0 radical (unpaired) electrons. The van der Waals surface area contributed by atoms with Gasteiger partial charge in [-0.2, -0.15) is 0 Å². The van der Waals surface area contributed by atoms with Gasteiger partial charge in [0.2, 0.25) is 0 Å². The monoisotopic (exact) mass is 296 g/mol. The molecule has 6 heteroatoms. The SMILES string of the molecule is CC(=O)[C@@H](N)C[C@H](Cc1ccc(CCCF)cn1)C(=O)O. The lowest BCUT2D eigenvalue weighted by molar-refractivity contribution is -0.142. The molecule has 5 nitrogen and oxygen atoms in total. The average molecular weight is 296 g/mol. The molecule has 0 aromatic carbocycles. The van der Waals surface area contributed by atoms with Gasteiger partial charge in [0.05, 0.1) is 18.6 Å². The number of alkyl halides is 1. The van der Waals surface area contributed by atoms with E-state index in [4.69, 9.17) is 5.73 Å². The molecule has 0 amide bonds. The lowest BCUT2D eigenvalue weighted by Crippen LogP contribution is -2.34. The van der Waals surface area contributed by atoms with E-state index in [9.17, 15) is 19.1 Å². The van der Waals surface area contributed by atoms with Gasteiger partial charge in [-0.3, -0.25) is 19.0 Å². The van der Waals surface area contributed by atoms with E-state index < -0.39 is 17.9 Å². The molecular weight excluding hydrogens is 275 g/mol. The van der Waals surface area contributed by atoms with Crippen molar-refractivity contribution < 1.29 is 19.1 Å². The molecule has 0 bridgehead atoms. The molecule has 2 atom stereocenters. The third-order valence-corrected chi connectivity index (χ3v) is 3.35. The second-order valence-electron chi connectivity index (χ2n) is 5.14. The number of Topliss-reactive ketones (excluding diaryl/α,β-unsaturated/α-hetero) is 1. The lowest BCUT2D eigenvalue weighted by Gasteiger charge is -2.15. The van der Waals surface area contributed by atoms with E-state index in [-0.39, 0.29) is 25.3 Å². The predicted molar refractivity (Wildman–Crippen MR) is 76.6 cm³/mol. The van der Waals surface area contributed by atoms with Crippen LogP contribution in [-0.4, -0.2) is 34.6 Å². The molecule has 1 heterocycles. The molecule has 0 saturated heterocycles.